The summed E-state index contributed by atoms with van der Waals surface area (Å²) in [6.45, 7) is 7.80. The smallest absolute Gasteiger partial charge is 0.158 e. The van der Waals surface area contributed by atoms with Crippen molar-refractivity contribution in [3.8, 4) is 0 Å². The number of hydrogen-bond donors (Lipinski definition) is 1. The van der Waals surface area contributed by atoms with E-state index in [2.05, 4.69) is 18.7 Å². The average Bonchev–Trinajstić information content (AvgIpc) is 2.50. The fourth-order valence-corrected chi connectivity index (χ4v) is 2.81. The van der Waals surface area contributed by atoms with Gasteiger partial charge < -0.3 is 19.9 Å². The topological polar surface area (TPSA) is 57.0 Å². The third kappa shape index (κ3) is 4.97. The molecule has 20 heavy (non-hydrogen) atoms. The molecule has 5 heteroatoms. The molecule has 120 valence electrons. The van der Waals surface area contributed by atoms with E-state index in [1.54, 1.807) is 14.2 Å². The highest BCUT2D eigenvalue weighted by atomic mass is 16.7. The maximum absolute atomic E-state index is 6.05. The van der Waals surface area contributed by atoms with Gasteiger partial charge in [0.05, 0.1) is 6.10 Å². The summed E-state index contributed by atoms with van der Waals surface area (Å²) in [5.74, 6) is 0. The molecule has 1 heterocycles. The van der Waals surface area contributed by atoms with Crippen LogP contribution in [0.15, 0.2) is 0 Å². The summed E-state index contributed by atoms with van der Waals surface area (Å²) in [5, 5.41) is 0. The highest BCUT2D eigenvalue weighted by Gasteiger charge is 2.36. The number of likely N-dealkylation sites (tertiary alicyclic amines) is 1. The largest absolute Gasteiger partial charge is 0.377 e. The van der Waals surface area contributed by atoms with Gasteiger partial charge in [-0.1, -0.05) is 6.92 Å². The Labute approximate surface area is 123 Å². The second-order valence-electron chi connectivity index (χ2n) is 5.89. The van der Waals surface area contributed by atoms with Crippen molar-refractivity contribution < 1.29 is 14.2 Å². The van der Waals surface area contributed by atoms with Gasteiger partial charge in [-0.05, 0) is 32.7 Å². The molecular formula is C15H32N2O3. The third-order valence-corrected chi connectivity index (χ3v) is 4.27. The Hall–Kier alpha value is -0.200. The Morgan fingerprint density at radius 1 is 1.35 bits per heavy atom. The van der Waals surface area contributed by atoms with E-state index in [1.165, 1.54) is 0 Å². The van der Waals surface area contributed by atoms with E-state index in [0.29, 0.717) is 12.6 Å². The predicted molar refractivity (Wildman–Crippen MR) is 80.7 cm³/mol. The normalized spacial score (nSPS) is 24.0. The number of nitrogens with zero attached hydrogens (tertiary/aromatic N) is 1. The van der Waals surface area contributed by atoms with Crippen LogP contribution in [0.5, 0.6) is 0 Å². The molecule has 1 fully saturated rings. The van der Waals surface area contributed by atoms with Gasteiger partial charge in [-0.25, -0.2) is 0 Å². The quantitative estimate of drug-likeness (QED) is 0.653. The van der Waals surface area contributed by atoms with E-state index in [-0.39, 0.29) is 11.8 Å². The fraction of sp³-hybridized carbons (Fsp3) is 1.00. The van der Waals surface area contributed by atoms with Crippen LogP contribution >= 0.6 is 0 Å². The van der Waals surface area contributed by atoms with Crippen molar-refractivity contribution >= 4 is 0 Å². The first kappa shape index (κ1) is 17.9. The van der Waals surface area contributed by atoms with E-state index in [4.69, 9.17) is 19.9 Å². The molecule has 0 amide bonds. The minimum Gasteiger partial charge on any atom is -0.377 e. The second kappa shape index (κ2) is 8.95. The van der Waals surface area contributed by atoms with Crippen LogP contribution in [0, 0.1) is 0 Å². The van der Waals surface area contributed by atoms with Gasteiger partial charge in [-0.15, -0.1) is 0 Å². The molecule has 0 radical (unpaired) electrons. The summed E-state index contributed by atoms with van der Waals surface area (Å²) in [5.41, 5.74) is 5.94. The minimum absolute atomic E-state index is 0.106. The van der Waals surface area contributed by atoms with Crippen molar-refractivity contribution in [3.63, 3.8) is 0 Å². The molecule has 2 N–H and O–H groups in total. The van der Waals surface area contributed by atoms with Crippen molar-refractivity contribution in [1.82, 2.24) is 4.90 Å². The van der Waals surface area contributed by atoms with Crippen LogP contribution in [0.4, 0.5) is 0 Å². The third-order valence-electron chi connectivity index (χ3n) is 4.27. The van der Waals surface area contributed by atoms with Crippen LogP contribution in [-0.4, -0.2) is 63.3 Å². The summed E-state index contributed by atoms with van der Waals surface area (Å²) >= 11 is 0. The van der Waals surface area contributed by atoms with Crippen LogP contribution in [0.1, 0.15) is 39.5 Å². The van der Waals surface area contributed by atoms with Crippen molar-refractivity contribution in [2.75, 3.05) is 40.5 Å². The maximum atomic E-state index is 6.05. The molecule has 0 bridgehead atoms. The van der Waals surface area contributed by atoms with E-state index in [1.807, 2.05) is 0 Å². The molecule has 0 aliphatic carbocycles. The first-order valence-corrected chi connectivity index (χ1v) is 7.72. The molecule has 0 aromatic heterocycles. The first-order chi connectivity index (χ1) is 9.59. The minimum atomic E-state index is -0.208. The summed E-state index contributed by atoms with van der Waals surface area (Å²) in [4.78, 5) is 2.45. The average molecular weight is 288 g/mol. The SMILES string of the molecule is CCCOC1CCCN(C(C)(CN)CC(OC)OC)C1. The molecule has 2 unspecified atom stereocenters. The number of rotatable bonds is 9. The molecule has 0 spiro atoms. The highest BCUT2D eigenvalue weighted by Crippen LogP contribution is 2.26. The monoisotopic (exact) mass is 288 g/mol. The molecule has 1 saturated heterocycles. The molecule has 1 aliphatic rings. The first-order valence-electron chi connectivity index (χ1n) is 7.72. The zero-order valence-corrected chi connectivity index (χ0v) is 13.6. The fourth-order valence-electron chi connectivity index (χ4n) is 2.81. The molecule has 0 saturated carbocycles. The van der Waals surface area contributed by atoms with Crippen molar-refractivity contribution in [2.24, 2.45) is 5.73 Å². The molecular weight excluding hydrogens is 256 g/mol. The maximum Gasteiger partial charge on any atom is 0.158 e. The highest BCUT2D eigenvalue weighted by molar-refractivity contribution is 4.91. The Bertz CT molecular complexity index is 262. The van der Waals surface area contributed by atoms with E-state index in [9.17, 15) is 0 Å². The Kier molecular flexibility index (Phi) is 7.99. The van der Waals surface area contributed by atoms with Gasteiger partial charge in [0.25, 0.3) is 0 Å². The lowest BCUT2D eigenvalue weighted by Gasteiger charge is -2.46. The van der Waals surface area contributed by atoms with E-state index in [0.717, 1.165) is 45.4 Å². The second-order valence-corrected chi connectivity index (χ2v) is 5.89. The van der Waals surface area contributed by atoms with Gasteiger partial charge in [0.15, 0.2) is 6.29 Å². The molecule has 1 aliphatic heterocycles. The molecule has 0 aromatic carbocycles. The van der Waals surface area contributed by atoms with Crippen LogP contribution < -0.4 is 5.73 Å². The van der Waals surface area contributed by atoms with Gasteiger partial charge in [-0.2, -0.15) is 0 Å². The zero-order valence-electron chi connectivity index (χ0n) is 13.6. The summed E-state index contributed by atoms with van der Waals surface area (Å²) in [7, 11) is 3.35. The van der Waals surface area contributed by atoms with E-state index >= 15 is 0 Å². The Balaban J connectivity index is 2.62. The predicted octanol–water partition coefficient (Wildman–Crippen LogP) is 1.60. The van der Waals surface area contributed by atoms with Gasteiger partial charge >= 0.3 is 0 Å². The Morgan fingerprint density at radius 2 is 2.05 bits per heavy atom. The van der Waals surface area contributed by atoms with Gasteiger partial charge in [0, 0.05) is 45.9 Å². The number of methoxy groups -OCH3 is 2. The lowest BCUT2D eigenvalue weighted by atomic mass is 9.91. The summed E-state index contributed by atoms with van der Waals surface area (Å²) in [6.07, 6.45) is 4.28. The van der Waals surface area contributed by atoms with Crippen LogP contribution in [0.2, 0.25) is 0 Å². The van der Waals surface area contributed by atoms with Gasteiger partial charge in [-0.3, -0.25) is 4.90 Å². The molecule has 1 rings (SSSR count). The van der Waals surface area contributed by atoms with Crippen LogP contribution in [0.3, 0.4) is 0 Å². The van der Waals surface area contributed by atoms with Gasteiger partial charge in [0.1, 0.15) is 0 Å². The lowest BCUT2D eigenvalue weighted by Crippen LogP contribution is -2.58. The van der Waals surface area contributed by atoms with Crippen molar-refractivity contribution in [3.05, 3.63) is 0 Å². The van der Waals surface area contributed by atoms with E-state index < -0.39 is 0 Å². The number of hydrogen-bond acceptors (Lipinski definition) is 5. The lowest BCUT2D eigenvalue weighted by molar-refractivity contribution is -0.134. The standard InChI is InChI=1S/C15H32N2O3/c1-5-9-20-13-7-6-8-17(11-13)15(2,12-16)10-14(18-3)19-4/h13-14H,5-12,16H2,1-4H3. The zero-order chi connectivity index (χ0) is 15.0. The van der Waals surface area contributed by atoms with Crippen molar-refractivity contribution in [2.45, 2.75) is 57.5 Å². The molecule has 0 aromatic rings. The van der Waals surface area contributed by atoms with Crippen molar-refractivity contribution in [1.29, 1.82) is 0 Å². The van der Waals surface area contributed by atoms with Crippen LogP contribution in [-0.2, 0) is 14.2 Å². The van der Waals surface area contributed by atoms with Gasteiger partial charge in [0.2, 0.25) is 0 Å². The summed E-state index contributed by atoms with van der Waals surface area (Å²) < 4.78 is 16.6. The molecule has 2 atom stereocenters. The molecule has 5 nitrogen and oxygen atoms in total. The Morgan fingerprint density at radius 3 is 2.60 bits per heavy atom. The number of piperidine rings is 1. The number of nitrogens with two attached hydrogens (primary N) is 1. The summed E-state index contributed by atoms with van der Waals surface area (Å²) in [6, 6.07) is 0. The van der Waals surface area contributed by atoms with Crippen LogP contribution in [0.25, 0.3) is 0 Å². The number of ether oxygens (including phenoxy) is 3.